The van der Waals surface area contributed by atoms with Gasteiger partial charge in [0, 0.05) is 75.7 Å². The fraction of sp³-hybridized carbons (Fsp3) is 0.312. The molecule has 70 heavy (non-hydrogen) atoms. The van der Waals surface area contributed by atoms with E-state index in [2.05, 4.69) is 209 Å². The van der Waals surface area contributed by atoms with Crippen LogP contribution >= 0.6 is 11.3 Å². The topological polar surface area (TPSA) is 34.5 Å². The Labute approximate surface area is 415 Å². The number of furan rings is 2. The van der Waals surface area contributed by atoms with E-state index >= 15 is 0 Å². The number of aromatic nitrogens is 1. The number of para-hydroxylation sites is 1. The fourth-order valence-electron chi connectivity index (χ4n) is 12.9. The maximum Gasteiger partial charge on any atom is 0.343 e. The van der Waals surface area contributed by atoms with Gasteiger partial charge < -0.3 is 18.2 Å². The van der Waals surface area contributed by atoms with Crippen LogP contribution in [-0.4, -0.2) is 11.4 Å². The van der Waals surface area contributed by atoms with Gasteiger partial charge in [-0.05, 0) is 128 Å². The second kappa shape index (κ2) is 13.4. The lowest BCUT2D eigenvalue weighted by atomic mass is 9.47. The molecule has 6 heteroatoms. The smallest absolute Gasteiger partial charge is 0.343 e. The number of hydrogen-bond donors (Lipinski definition) is 0. The Balaban J connectivity index is 1.21. The number of anilines is 2. The average molecular weight is 933 g/mol. The van der Waals surface area contributed by atoms with Crippen LogP contribution in [-0.2, 0) is 27.1 Å². The molecule has 7 aromatic carbocycles. The van der Waals surface area contributed by atoms with Crippen LogP contribution in [0.15, 0.2) is 118 Å². The van der Waals surface area contributed by atoms with E-state index in [9.17, 15) is 0 Å². The van der Waals surface area contributed by atoms with E-state index in [1.807, 2.05) is 11.3 Å². The first kappa shape index (κ1) is 42.6. The van der Waals surface area contributed by atoms with Gasteiger partial charge in [0.05, 0.1) is 16.7 Å². The first-order valence-corrected chi connectivity index (χ1v) is 26.4. The van der Waals surface area contributed by atoms with Gasteiger partial charge in [0.2, 0.25) is 0 Å². The summed E-state index contributed by atoms with van der Waals surface area (Å²) in [7, 11) is 0. The molecular formula is C64H61BN2O2S. The summed E-state index contributed by atoms with van der Waals surface area (Å²) >= 11 is 2.00. The van der Waals surface area contributed by atoms with Gasteiger partial charge in [-0.3, -0.25) is 0 Å². The molecule has 0 amide bonds. The number of fused-ring (bicyclic) bond motifs is 19. The summed E-state index contributed by atoms with van der Waals surface area (Å²) in [5, 5.41) is 8.52. The Morgan fingerprint density at radius 1 is 0.557 bits per heavy atom. The second-order valence-corrected chi connectivity index (χ2v) is 26.7. The third-order valence-corrected chi connectivity index (χ3v) is 18.3. The zero-order chi connectivity index (χ0) is 48.5. The van der Waals surface area contributed by atoms with Gasteiger partial charge in [-0.25, -0.2) is 0 Å². The molecule has 4 nitrogen and oxygen atoms in total. The maximum absolute atomic E-state index is 7.38. The molecule has 0 atom stereocenters. The Bertz CT molecular complexity index is 4130. The number of thiophene rings is 1. The summed E-state index contributed by atoms with van der Waals surface area (Å²) in [5.41, 5.74) is 20.5. The number of nitrogens with zero attached hydrogens (tertiary/aromatic N) is 2. The maximum atomic E-state index is 7.38. The molecule has 0 N–H and O–H groups in total. The van der Waals surface area contributed by atoms with Crippen molar-refractivity contribution < 1.29 is 8.83 Å². The Hall–Kier alpha value is -6.24. The van der Waals surface area contributed by atoms with E-state index in [1.54, 1.807) is 0 Å². The molecular weight excluding hydrogens is 872 g/mol. The molecule has 0 spiro atoms. The lowest BCUT2D eigenvalue weighted by Gasteiger charge is -2.42. The summed E-state index contributed by atoms with van der Waals surface area (Å²) in [6.07, 6.45) is 2.34. The van der Waals surface area contributed by atoms with Gasteiger partial charge in [-0.1, -0.05) is 139 Å². The van der Waals surface area contributed by atoms with Crippen LogP contribution in [0.1, 0.15) is 131 Å². The minimum atomic E-state index is -0.165. The lowest BCUT2D eigenvalue weighted by molar-refractivity contribution is 0.332. The van der Waals surface area contributed by atoms with Crippen LogP contribution < -0.4 is 15.1 Å². The van der Waals surface area contributed by atoms with Crippen molar-refractivity contribution in [3.05, 3.63) is 137 Å². The molecule has 0 saturated heterocycles. The summed E-state index contributed by atoms with van der Waals surface area (Å²) in [5.74, 6) is 0. The van der Waals surface area contributed by atoms with Gasteiger partial charge in [0.1, 0.15) is 22.3 Å². The first-order chi connectivity index (χ1) is 33.1. The minimum Gasteiger partial charge on any atom is -0.456 e. The van der Waals surface area contributed by atoms with Gasteiger partial charge in [-0.2, -0.15) is 0 Å². The Morgan fingerprint density at radius 3 is 1.91 bits per heavy atom. The van der Waals surface area contributed by atoms with Crippen LogP contribution in [0.25, 0.3) is 92.6 Å². The zero-order valence-electron chi connectivity index (χ0n) is 43.0. The molecule has 1 aliphatic carbocycles. The summed E-state index contributed by atoms with van der Waals surface area (Å²) in [6, 6.07) is 42.4. The van der Waals surface area contributed by atoms with Crippen LogP contribution in [0.2, 0.25) is 0 Å². The first-order valence-electron chi connectivity index (χ1n) is 25.6. The molecule has 0 bridgehead atoms. The van der Waals surface area contributed by atoms with Gasteiger partial charge in [-0.15, -0.1) is 11.3 Å². The molecule has 0 saturated carbocycles. The van der Waals surface area contributed by atoms with Crippen molar-refractivity contribution >= 4 is 116 Å². The average Bonchev–Trinajstić information content (AvgIpc) is 4.06. The molecule has 0 unspecified atom stereocenters. The molecule has 14 rings (SSSR count). The van der Waals surface area contributed by atoms with E-state index in [0.29, 0.717) is 0 Å². The predicted octanol–water partition coefficient (Wildman–Crippen LogP) is 17.3. The van der Waals surface area contributed by atoms with Crippen molar-refractivity contribution in [3.8, 4) is 16.8 Å². The SMILES string of the molecule is CC(C)(C)c1ccc(N2B3c4sc5cc6c(cc5c4-n4c5ccc(C(C)(C)C)cc5c5c7c(oc8ccccc87)c(c3c54)-c3cc4c(cc32)oc2cc(C(C)(C)C)ccc24)C(C)(C)CCC6(C)C)cc1. The van der Waals surface area contributed by atoms with Gasteiger partial charge >= 0.3 is 6.85 Å². The number of benzene rings is 7. The minimum absolute atomic E-state index is 0.00728. The zero-order valence-corrected chi connectivity index (χ0v) is 43.8. The molecule has 4 aromatic heterocycles. The molecule has 0 radical (unpaired) electrons. The third-order valence-electron chi connectivity index (χ3n) is 17.1. The van der Waals surface area contributed by atoms with Crippen molar-refractivity contribution in [2.24, 2.45) is 0 Å². The quantitative estimate of drug-likeness (QED) is 0.154. The molecule has 0 fully saturated rings. The summed E-state index contributed by atoms with van der Waals surface area (Å²) < 4.78 is 19.8. The molecule has 6 heterocycles. The normalized spacial score (nSPS) is 16.4. The highest BCUT2D eigenvalue weighted by molar-refractivity contribution is 7.32. The van der Waals surface area contributed by atoms with E-state index in [4.69, 9.17) is 8.83 Å². The van der Waals surface area contributed by atoms with Crippen LogP contribution in [0.3, 0.4) is 0 Å². The van der Waals surface area contributed by atoms with Crippen molar-refractivity contribution in [2.45, 2.75) is 130 Å². The van der Waals surface area contributed by atoms with Gasteiger partial charge in [0.15, 0.2) is 0 Å². The van der Waals surface area contributed by atoms with E-state index in [-0.39, 0.29) is 33.9 Å². The Morgan fingerprint density at radius 2 is 1.20 bits per heavy atom. The lowest BCUT2D eigenvalue weighted by Crippen LogP contribution is -2.59. The van der Waals surface area contributed by atoms with E-state index < -0.39 is 0 Å². The highest BCUT2D eigenvalue weighted by Crippen LogP contribution is 2.55. The fourth-order valence-corrected chi connectivity index (χ4v) is 14.2. The van der Waals surface area contributed by atoms with Crippen LogP contribution in [0.5, 0.6) is 0 Å². The highest BCUT2D eigenvalue weighted by Gasteiger charge is 2.49. The van der Waals surface area contributed by atoms with Crippen LogP contribution in [0, 0.1) is 0 Å². The molecule has 3 aliphatic rings. The summed E-state index contributed by atoms with van der Waals surface area (Å²) in [4.78, 5) is 2.68. The number of rotatable bonds is 1. The third kappa shape index (κ3) is 5.60. The van der Waals surface area contributed by atoms with Gasteiger partial charge in [0.25, 0.3) is 0 Å². The second-order valence-electron chi connectivity index (χ2n) is 25.6. The monoisotopic (exact) mass is 932 g/mol. The summed E-state index contributed by atoms with van der Waals surface area (Å²) in [6.45, 7) is 30.5. The van der Waals surface area contributed by atoms with E-state index in [0.717, 1.165) is 49.9 Å². The van der Waals surface area contributed by atoms with Crippen molar-refractivity contribution in [1.82, 2.24) is 4.57 Å². The Kier molecular flexibility index (Phi) is 8.15. The van der Waals surface area contributed by atoms with E-state index in [1.165, 1.54) is 105 Å². The molecule has 2 aliphatic heterocycles. The highest BCUT2D eigenvalue weighted by atomic mass is 32.1. The molecule has 348 valence electrons. The molecule has 11 aromatic rings. The largest absolute Gasteiger partial charge is 0.456 e. The standard InChI is InChI=1S/C64H61BN2O2S/c1-60(2,3)34-18-22-37(23-19-34)67-47-33-50-40(38-24-20-36(62(7,8)9)29-49(38)68-50)30-42(47)54-55-57-52(53-39-16-14-15-17-48(39)69-58(53)54)41-28-35(61(4,5)6)21-25-46(41)66(57)56-43-31-44-45(32-51(43)70-59(56)65(55)67)64(12,13)27-26-63(44,10)11/h14-25,28-33H,26-27H2,1-13H3. The van der Waals surface area contributed by atoms with Crippen LogP contribution in [0.4, 0.5) is 11.4 Å². The van der Waals surface area contributed by atoms with Crippen molar-refractivity contribution in [3.63, 3.8) is 0 Å². The van der Waals surface area contributed by atoms with Crippen molar-refractivity contribution in [2.75, 3.05) is 4.81 Å². The predicted molar refractivity (Wildman–Crippen MR) is 301 cm³/mol. The number of hydrogen-bond acceptors (Lipinski definition) is 4. The van der Waals surface area contributed by atoms with Crippen molar-refractivity contribution in [1.29, 1.82) is 0 Å².